The van der Waals surface area contributed by atoms with Gasteiger partial charge in [-0.05, 0) is 71.0 Å². The maximum Gasteiger partial charge on any atom is 0.490 e. The van der Waals surface area contributed by atoms with Crippen molar-refractivity contribution in [3.63, 3.8) is 0 Å². The Balaban J connectivity index is 0.000000654. The van der Waals surface area contributed by atoms with Crippen LogP contribution >= 0.6 is 11.6 Å². The zero-order valence-corrected chi connectivity index (χ0v) is 27.3. The Labute approximate surface area is 291 Å². The number of rotatable bonds is 10. The number of nitrogens with one attached hydrogen (secondary N) is 2. The number of hydrogen-bond donors (Lipinski definition) is 3. The first-order valence-corrected chi connectivity index (χ1v) is 16.0. The van der Waals surface area contributed by atoms with Gasteiger partial charge in [-0.3, -0.25) is 25.0 Å². The Kier molecular flexibility index (Phi) is 11.8. The Morgan fingerprint density at radius 1 is 1.12 bits per heavy atom. The van der Waals surface area contributed by atoms with E-state index in [1.807, 2.05) is 6.07 Å². The number of ether oxygens (including phenoxy) is 2. The first-order valence-electron chi connectivity index (χ1n) is 15.6. The lowest BCUT2D eigenvalue weighted by Gasteiger charge is -2.29. The Morgan fingerprint density at radius 3 is 2.51 bits per heavy atom. The highest BCUT2D eigenvalue weighted by molar-refractivity contribution is 6.30. The SMILES string of the molecule is O=C(O)C(F)(F)F.O=C1CCC(N2Cc3cc(CNC(c4cc(Cl)ccc4OC(F)F)c4nnnn4CC4CCOCC4)ccc3C2=O)C(=O)N1. The molecule has 0 saturated carbocycles. The van der Waals surface area contributed by atoms with Gasteiger partial charge in [0, 0.05) is 55.4 Å². The number of alkyl halides is 5. The number of carbonyl (C=O) groups excluding carboxylic acids is 3. The molecule has 3 aliphatic rings. The highest BCUT2D eigenvalue weighted by atomic mass is 35.5. The van der Waals surface area contributed by atoms with Gasteiger partial charge in [0.1, 0.15) is 11.8 Å². The fourth-order valence-electron chi connectivity index (χ4n) is 5.97. The minimum atomic E-state index is -5.08. The monoisotopic (exact) mass is 743 g/mol. The Hall–Kier alpha value is -4.75. The van der Waals surface area contributed by atoms with E-state index in [2.05, 4.69) is 26.2 Å². The van der Waals surface area contributed by atoms with Crippen LogP contribution in [0.25, 0.3) is 0 Å². The molecule has 3 aliphatic heterocycles. The molecule has 0 bridgehead atoms. The third kappa shape index (κ3) is 9.33. The van der Waals surface area contributed by atoms with Crippen LogP contribution in [0.4, 0.5) is 22.0 Å². The van der Waals surface area contributed by atoms with Crippen LogP contribution in [0.1, 0.15) is 64.6 Å². The lowest BCUT2D eigenvalue weighted by Crippen LogP contribution is -2.52. The summed E-state index contributed by atoms with van der Waals surface area (Å²) in [5.41, 5.74) is 2.36. The highest BCUT2D eigenvalue weighted by Gasteiger charge is 2.40. The normalized spacial score (nSPS) is 18.6. The molecule has 2 aromatic carbocycles. The number of tetrazole rings is 1. The molecule has 0 radical (unpaired) electrons. The standard InChI is InChI=1S/C29H30ClF2N7O5.C2HF3O2/c30-19-2-5-23(44-29(31)32)21(12-19)25(26-35-36-37-39(26)14-16-7-9-43-10-8-16)33-13-17-1-3-20-18(11-17)15-38(28(20)42)22-4-6-24(40)34-27(22)41;3-2(4,5)1(6)7/h1-3,5,11-12,16,22,25,29,33H,4,6-10,13-15H2,(H,34,40,41);(H,6,7). The van der Waals surface area contributed by atoms with Gasteiger partial charge in [0.15, 0.2) is 5.82 Å². The molecule has 4 heterocycles. The van der Waals surface area contributed by atoms with Crippen molar-refractivity contribution in [2.45, 2.75) is 70.2 Å². The molecule has 1 aromatic heterocycles. The van der Waals surface area contributed by atoms with Crippen LogP contribution in [0, 0.1) is 5.92 Å². The molecule has 3 N–H and O–H groups in total. The number of aromatic nitrogens is 4. The van der Waals surface area contributed by atoms with Crippen molar-refractivity contribution >= 4 is 35.3 Å². The summed E-state index contributed by atoms with van der Waals surface area (Å²) in [5.74, 6) is -3.24. The third-order valence-electron chi connectivity index (χ3n) is 8.43. The van der Waals surface area contributed by atoms with Gasteiger partial charge in [0.25, 0.3) is 5.91 Å². The summed E-state index contributed by atoms with van der Waals surface area (Å²) in [6, 6.07) is 8.25. The second-order valence-corrected chi connectivity index (χ2v) is 12.3. The molecule has 3 amide bonds. The number of hydrogen-bond acceptors (Lipinski definition) is 10. The fraction of sp³-hybridized carbons (Fsp3) is 0.452. The number of amides is 3. The van der Waals surface area contributed by atoms with Crippen molar-refractivity contribution < 1.29 is 55.7 Å². The molecule has 2 atom stereocenters. The maximum atomic E-state index is 13.4. The Bertz CT molecular complexity index is 1770. The first-order chi connectivity index (χ1) is 24.2. The summed E-state index contributed by atoms with van der Waals surface area (Å²) < 4.78 is 70.5. The minimum absolute atomic E-state index is 0.0676. The zero-order chi connectivity index (χ0) is 36.9. The summed E-state index contributed by atoms with van der Waals surface area (Å²) in [7, 11) is 0. The summed E-state index contributed by atoms with van der Waals surface area (Å²) in [4.78, 5) is 47.5. The van der Waals surface area contributed by atoms with Gasteiger partial charge in [0.05, 0.1) is 6.04 Å². The molecule has 14 nitrogen and oxygen atoms in total. The van der Waals surface area contributed by atoms with Gasteiger partial charge in [-0.2, -0.15) is 22.0 Å². The fourth-order valence-corrected chi connectivity index (χ4v) is 6.15. The zero-order valence-electron chi connectivity index (χ0n) is 26.5. The van der Waals surface area contributed by atoms with Crippen molar-refractivity contribution in [2.24, 2.45) is 5.92 Å². The number of aliphatic carboxylic acids is 1. The molecular formula is C31H31ClF5N7O7. The van der Waals surface area contributed by atoms with E-state index in [-0.39, 0.29) is 49.4 Å². The molecule has 274 valence electrons. The molecule has 3 aromatic rings. The summed E-state index contributed by atoms with van der Waals surface area (Å²) in [6.07, 6.45) is -2.95. The smallest absolute Gasteiger partial charge is 0.475 e. The van der Waals surface area contributed by atoms with Crippen LogP contribution in [0.3, 0.4) is 0 Å². The van der Waals surface area contributed by atoms with Gasteiger partial charge in [-0.25, -0.2) is 9.48 Å². The van der Waals surface area contributed by atoms with Crippen molar-refractivity contribution in [2.75, 3.05) is 13.2 Å². The topological polar surface area (TPSA) is 178 Å². The number of benzene rings is 2. The number of carboxylic acids is 1. The van der Waals surface area contributed by atoms with Gasteiger partial charge < -0.3 is 19.5 Å². The van der Waals surface area contributed by atoms with Gasteiger partial charge in [0.2, 0.25) is 11.8 Å². The number of imide groups is 1. The minimum Gasteiger partial charge on any atom is -0.475 e. The lowest BCUT2D eigenvalue weighted by molar-refractivity contribution is -0.192. The van der Waals surface area contributed by atoms with E-state index in [1.54, 1.807) is 22.9 Å². The van der Waals surface area contributed by atoms with Gasteiger partial charge in [-0.1, -0.05) is 23.7 Å². The van der Waals surface area contributed by atoms with E-state index in [9.17, 15) is 36.3 Å². The van der Waals surface area contributed by atoms with Crippen molar-refractivity contribution in [1.82, 2.24) is 35.7 Å². The van der Waals surface area contributed by atoms with E-state index >= 15 is 0 Å². The molecule has 2 unspecified atom stereocenters. The summed E-state index contributed by atoms with van der Waals surface area (Å²) >= 11 is 6.32. The molecule has 0 aliphatic carbocycles. The summed E-state index contributed by atoms with van der Waals surface area (Å²) in [6.45, 7) is -0.780. The summed E-state index contributed by atoms with van der Waals surface area (Å²) in [5, 5.41) is 25.5. The van der Waals surface area contributed by atoms with E-state index in [1.165, 1.54) is 17.0 Å². The largest absolute Gasteiger partial charge is 0.490 e. The quantitative estimate of drug-likeness (QED) is 0.204. The van der Waals surface area contributed by atoms with Crippen molar-refractivity contribution in [3.05, 3.63) is 69.5 Å². The van der Waals surface area contributed by atoms with Crippen LogP contribution in [-0.4, -0.2) is 85.9 Å². The molecule has 20 heteroatoms. The molecule has 6 rings (SSSR count). The number of carboxylic acid groups (broad SMARTS) is 1. The van der Waals surface area contributed by atoms with Crippen molar-refractivity contribution in [3.8, 4) is 5.75 Å². The number of nitrogens with zero attached hydrogens (tertiary/aromatic N) is 5. The second kappa shape index (κ2) is 16.1. The number of piperidine rings is 1. The van der Waals surface area contributed by atoms with Crippen LogP contribution < -0.4 is 15.4 Å². The predicted octanol–water partition coefficient (Wildman–Crippen LogP) is 3.63. The second-order valence-electron chi connectivity index (χ2n) is 11.8. The third-order valence-corrected chi connectivity index (χ3v) is 8.66. The van der Waals surface area contributed by atoms with E-state index in [0.717, 1.165) is 24.0 Å². The lowest BCUT2D eigenvalue weighted by atomic mass is 9.99. The predicted molar refractivity (Wildman–Crippen MR) is 164 cm³/mol. The van der Waals surface area contributed by atoms with Gasteiger partial charge >= 0.3 is 18.8 Å². The van der Waals surface area contributed by atoms with Crippen LogP contribution in [0.2, 0.25) is 5.02 Å². The van der Waals surface area contributed by atoms with E-state index in [4.69, 9.17) is 31.0 Å². The van der Waals surface area contributed by atoms with E-state index < -0.39 is 36.7 Å². The van der Waals surface area contributed by atoms with Gasteiger partial charge in [-0.15, -0.1) is 5.10 Å². The molecule has 51 heavy (non-hydrogen) atoms. The highest BCUT2D eigenvalue weighted by Crippen LogP contribution is 2.34. The van der Waals surface area contributed by atoms with Crippen LogP contribution in [0.15, 0.2) is 36.4 Å². The van der Waals surface area contributed by atoms with E-state index in [0.29, 0.717) is 41.7 Å². The number of carbonyl (C=O) groups is 4. The first kappa shape index (κ1) is 37.5. The maximum absolute atomic E-state index is 13.4. The average Bonchev–Trinajstić information content (AvgIpc) is 3.66. The Morgan fingerprint density at radius 2 is 1.84 bits per heavy atom. The molecule has 2 saturated heterocycles. The van der Waals surface area contributed by atoms with Crippen LogP contribution in [0.5, 0.6) is 5.75 Å². The molecule has 2 fully saturated rings. The number of fused-ring (bicyclic) bond motifs is 1. The van der Waals surface area contributed by atoms with Crippen molar-refractivity contribution in [1.29, 1.82) is 0 Å². The average molecular weight is 744 g/mol. The van der Waals surface area contributed by atoms with Crippen LogP contribution in [-0.2, 0) is 38.8 Å². The number of halogens is 6. The molecular weight excluding hydrogens is 713 g/mol. The molecule has 0 spiro atoms.